The Morgan fingerprint density at radius 2 is 1.76 bits per heavy atom. The van der Waals surface area contributed by atoms with Crippen molar-refractivity contribution < 1.29 is 4.74 Å². The molecule has 0 spiro atoms. The molecule has 4 N–H and O–H groups in total. The van der Waals surface area contributed by atoms with Crippen LogP contribution in [0.2, 0.25) is 0 Å². The number of nitrogens with zero attached hydrogens (tertiary/aromatic N) is 3. The van der Waals surface area contributed by atoms with Crippen LogP contribution in [0.1, 0.15) is 33.6 Å². The lowest BCUT2D eigenvalue weighted by atomic mass is 9.96. The summed E-state index contributed by atoms with van der Waals surface area (Å²) in [5.74, 6) is 6.01. The van der Waals surface area contributed by atoms with E-state index in [1.54, 1.807) is 0 Å². The Bertz CT molecular complexity index is 344. The summed E-state index contributed by atoms with van der Waals surface area (Å²) in [7, 11) is 1.50. The average Bonchev–Trinajstić information content (AvgIpc) is 2.37. The number of nitrogen functional groups attached to an aromatic ring is 1. The van der Waals surface area contributed by atoms with E-state index in [2.05, 4.69) is 46.5 Å². The summed E-state index contributed by atoms with van der Waals surface area (Å²) in [5.41, 5.74) is 2.32. The quantitative estimate of drug-likeness (QED) is 0.507. The molecule has 7 nitrogen and oxygen atoms in total. The van der Waals surface area contributed by atoms with Crippen LogP contribution in [0.25, 0.3) is 0 Å². The molecule has 0 atom stereocenters. The highest BCUT2D eigenvalue weighted by Crippen LogP contribution is 2.20. The van der Waals surface area contributed by atoms with Crippen molar-refractivity contribution in [1.82, 2.24) is 15.0 Å². The molecule has 0 saturated heterocycles. The Kier molecular flexibility index (Phi) is 4.45. The average molecular weight is 240 g/mol. The van der Waals surface area contributed by atoms with E-state index < -0.39 is 0 Å². The molecule has 0 radical (unpaired) electrons. The number of methoxy groups -OCH3 is 1. The number of hydrogen-bond acceptors (Lipinski definition) is 7. The maximum absolute atomic E-state index is 5.28. The molecule has 1 heterocycles. The molecule has 1 rings (SSSR count). The first-order valence-corrected chi connectivity index (χ1v) is 5.61. The van der Waals surface area contributed by atoms with Gasteiger partial charge in [0, 0.05) is 5.54 Å². The zero-order valence-electron chi connectivity index (χ0n) is 10.7. The van der Waals surface area contributed by atoms with Crippen molar-refractivity contribution in [2.45, 2.75) is 39.2 Å². The van der Waals surface area contributed by atoms with Crippen molar-refractivity contribution in [2.75, 3.05) is 17.9 Å². The highest BCUT2D eigenvalue weighted by molar-refractivity contribution is 5.37. The van der Waals surface area contributed by atoms with Gasteiger partial charge in [0.2, 0.25) is 11.9 Å². The number of hydrogen-bond donors (Lipinski definition) is 3. The van der Waals surface area contributed by atoms with Crippen LogP contribution < -0.4 is 21.3 Å². The Morgan fingerprint density at radius 3 is 2.24 bits per heavy atom. The van der Waals surface area contributed by atoms with Crippen LogP contribution in [0.3, 0.4) is 0 Å². The zero-order valence-corrected chi connectivity index (χ0v) is 10.7. The van der Waals surface area contributed by atoms with Crippen LogP contribution in [0.15, 0.2) is 0 Å². The van der Waals surface area contributed by atoms with Gasteiger partial charge in [-0.2, -0.15) is 15.0 Å². The van der Waals surface area contributed by atoms with Gasteiger partial charge in [0.1, 0.15) is 0 Å². The molecule has 0 amide bonds. The van der Waals surface area contributed by atoms with Gasteiger partial charge in [-0.15, -0.1) is 0 Å². The Morgan fingerprint density at radius 1 is 1.18 bits per heavy atom. The van der Waals surface area contributed by atoms with Crippen molar-refractivity contribution in [3.05, 3.63) is 0 Å². The first-order valence-electron chi connectivity index (χ1n) is 5.61. The van der Waals surface area contributed by atoms with Crippen LogP contribution >= 0.6 is 0 Å². The third kappa shape index (κ3) is 3.42. The minimum atomic E-state index is -0.0573. The standard InChI is InChI=1S/C10H20N6O/c1-5-10(3,6-2)15-7-12-8(16-11)14-9(13-7)17-4/h5-6,11H2,1-4H3,(H2,12,13,14,15,16). The molecule has 0 fully saturated rings. The molecule has 0 saturated carbocycles. The van der Waals surface area contributed by atoms with Crippen molar-refractivity contribution in [2.24, 2.45) is 5.84 Å². The van der Waals surface area contributed by atoms with Gasteiger partial charge in [-0.25, -0.2) is 5.84 Å². The normalized spacial score (nSPS) is 11.1. The minimum Gasteiger partial charge on any atom is -0.467 e. The predicted molar refractivity (Wildman–Crippen MR) is 66.8 cm³/mol. The molecule has 0 bridgehead atoms. The molecule has 0 aliphatic carbocycles. The number of aromatic nitrogens is 3. The van der Waals surface area contributed by atoms with Gasteiger partial charge in [-0.05, 0) is 19.8 Å². The first kappa shape index (κ1) is 13.4. The van der Waals surface area contributed by atoms with Gasteiger partial charge in [-0.3, -0.25) is 5.43 Å². The fraction of sp³-hybridized carbons (Fsp3) is 0.700. The van der Waals surface area contributed by atoms with Crippen LogP contribution in [0.4, 0.5) is 11.9 Å². The number of rotatable bonds is 6. The summed E-state index contributed by atoms with van der Waals surface area (Å²) in [5, 5.41) is 3.27. The Balaban J connectivity index is 2.97. The number of hydrazine groups is 1. The van der Waals surface area contributed by atoms with Gasteiger partial charge in [0.25, 0.3) is 0 Å². The van der Waals surface area contributed by atoms with E-state index in [9.17, 15) is 0 Å². The summed E-state index contributed by atoms with van der Waals surface area (Å²) in [6, 6.07) is 0.227. The van der Waals surface area contributed by atoms with E-state index in [4.69, 9.17) is 10.6 Å². The SMILES string of the molecule is CCC(C)(CC)Nc1nc(NN)nc(OC)n1. The van der Waals surface area contributed by atoms with E-state index in [1.807, 2.05) is 0 Å². The van der Waals surface area contributed by atoms with Crippen molar-refractivity contribution in [1.29, 1.82) is 0 Å². The molecular weight excluding hydrogens is 220 g/mol. The van der Waals surface area contributed by atoms with Gasteiger partial charge in [0.15, 0.2) is 0 Å². The lowest BCUT2D eigenvalue weighted by molar-refractivity contribution is 0.378. The topological polar surface area (TPSA) is 98.0 Å². The van der Waals surface area contributed by atoms with Gasteiger partial charge in [-0.1, -0.05) is 13.8 Å². The summed E-state index contributed by atoms with van der Waals surface area (Å²) in [6.07, 6.45) is 1.92. The second-order valence-corrected chi connectivity index (χ2v) is 4.01. The molecular formula is C10H20N6O. The van der Waals surface area contributed by atoms with Crippen LogP contribution in [-0.2, 0) is 0 Å². The van der Waals surface area contributed by atoms with Crippen LogP contribution in [0, 0.1) is 0 Å². The summed E-state index contributed by atoms with van der Waals surface area (Å²) < 4.78 is 4.98. The Labute approximate surface area is 101 Å². The smallest absolute Gasteiger partial charge is 0.322 e. The van der Waals surface area contributed by atoms with E-state index >= 15 is 0 Å². The maximum atomic E-state index is 5.28. The lowest BCUT2D eigenvalue weighted by Crippen LogP contribution is -2.34. The number of ether oxygens (including phenoxy) is 1. The minimum absolute atomic E-state index is 0.0573. The fourth-order valence-electron chi connectivity index (χ4n) is 1.26. The van der Waals surface area contributed by atoms with Crippen molar-refractivity contribution in [3.8, 4) is 6.01 Å². The number of anilines is 2. The van der Waals surface area contributed by atoms with Crippen molar-refractivity contribution in [3.63, 3.8) is 0 Å². The lowest BCUT2D eigenvalue weighted by Gasteiger charge is -2.28. The summed E-state index contributed by atoms with van der Waals surface area (Å²) in [6.45, 7) is 6.33. The molecule has 1 aromatic rings. The van der Waals surface area contributed by atoms with E-state index in [1.165, 1.54) is 7.11 Å². The van der Waals surface area contributed by atoms with E-state index in [0.717, 1.165) is 12.8 Å². The monoisotopic (exact) mass is 240 g/mol. The second kappa shape index (κ2) is 5.62. The highest BCUT2D eigenvalue weighted by Gasteiger charge is 2.21. The third-order valence-corrected chi connectivity index (χ3v) is 2.90. The second-order valence-electron chi connectivity index (χ2n) is 4.01. The predicted octanol–water partition coefficient (Wildman–Crippen LogP) is 1.16. The molecule has 0 aliphatic rings. The molecule has 1 aromatic heterocycles. The summed E-state index contributed by atoms with van der Waals surface area (Å²) >= 11 is 0. The van der Waals surface area contributed by atoms with Gasteiger partial charge >= 0.3 is 6.01 Å². The molecule has 17 heavy (non-hydrogen) atoms. The van der Waals surface area contributed by atoms with E-state index in [0.29, 0.717) is 5.95 Å². The molecule has 0 unspecified atom stereocenters. The first-order chi connectivity index (χ1) is 8.06. The third-order valence-electron chi connectivity index (χ3n) is 2.90. The molecule has 7 heteroatoms. The zero-order chi connectivity index (χ0) is 12.9. The van der Waals surface area contributed by atoms with Gasteiger partial charge < -0.3 is 10.1 Å². The van der Waals surface area contributed by atoms with Crippen LogP contribution in [-0.4, -0.2) is 27.6 Å². The highest BCUT2D eigenvalue weighted by atomic mass is 16.5. The molecule has 0 aliphatic heterocycles. The number of nitrogens with one attached hydrogen (secondary N) is 2. The largest absolute Gasteiger partial charge is 0.467 e. The maximum Gasteiger partial charge on any atom is 0.322 e. The van der Waals surface area contributed by atoms with Gasteiger partial charge in [0.05, 0.1) is 7.11 Å². The molecule has 96 valence electrons. The fourth-order valence-corrected chi connectivity index (χ4v) is 1.26. The molecule has 0 aromatic carbocycles. The summed E-state index contributed by atoms with van der Waals surface area (Å²) in [4.78, 5) is 12.2. The number of nitrogens with two attached hydrogens (primary N) is 1. The van der Waals surface area contributed by atoms with Crippen LogP contribution in [0.5, 0.6) is 6.01 Å². The van der Waals surface area contributed by atoms with E-state index in [-0.39, 0.29) is 17.5 Å². The van der Waals surface area contributed by atoms with Crippen molar-refractivity contribution >= 4 is 11.9 Å². The Hall–Kier alpha value is -1.63.